The normalized spacial score (nSPS) is 20.3. The third kappa shape index (κ3) is 3.90. The van der Waals surface area contributed by atoms with Crippen molar-refractivity contribution in [3.05, 3.63) is 35.9 Å². The van der Waals surface area contributed by atoms with Gasteiger partial charge in [-0.15, -0.1) is 0 Å². The lowest BCUT2D eigenvalue weighted by molar-refractivity contribution is 0.00578. The van der Waals surface area contributed by atoms with Crippen molar-refractivity contribution in [3.8, 4) is 0 Å². The minimum Gasteiger partial charge on any atom is -0.403 e. The molecule has 1 fully saturated rings. The lowest BCUT2D eigenvalue weighted by atomic mass is 9.81. The van der Waals surface area contributed by atoms with Gasteiger partial charge in [0.15, 0.2) is 0 Å². The molecule has 1 aromatic rings. The third-order valence-electron chi connectivity index (χ3n) is 4.35. The summed E-state index contributed by atoms with van der Waals surface area (Å²) in [6, 6.07) is 10.3. The summed E-state index contributed by atoms with van der Waals surface area (Å²) in [5.41, 5.74) is 1.65. The summed E-state index contributed by atoms with van der Waals surface area (Å²) in [6.45, 7) is 8.33. The smallest absolute Gasteiger partial charge is 0.403 e. The van der Waals surface area contributed by atoms with Crippen LogP contribution in [0.4, 0.5) is 0 Å². The number of nitrogens with zero attached hydrogens (tertiary/aromatic N) is 2. The maximum atomic E-state index is 6.06. The Labute approximate surface area is 134 Å². The molecule has 0 radical (unpaired) electrons. The van der Waals surface area contributed by atoms with E-state index in [9.17, 15) is 0 Å². The first-order valence-corrected chi connectivity index (χ1v) is 7.87. The average molecular weight is 302 g/mol. The van der Waals surface area contributed by atoms with Gasteiger partial charge in [-0.2, -0.15) is 5.10 Å². The first kappa shape index (κ1) is 17.0. The highest BCUT2D eigenvalue weighted by Crippen LogP contribution is 2.38. The fourth-order valence-electron chi connectivity index (χ4n) is 2.46. The number of hydrogen-bond acceptors (Lipinski definition) is 4. The minimum absolute atomic E-state index is 0.180. The molecule has 0 aromatic heterocycles. The topological polar surface area (TPSA) is 34.1 Å². The van der Waals surface area contributed by atoms with E-state index in [0.717, 1.165) is 24.0 Å². The van der Waals surface area contributed by atoms with Crippen LogP contribution in [-0.2, 0) is 9.31 Å². The molecule has 1 aliphatic rings. The highest BCUT2D eigenvalue weighted by Gasteiger charge is 2.50. The maximum Gasteiger partial charge on any atom is 0.458 e. The van der Waals surface area contributed by atoms with Crippen LogP contribution in [0.3, 0.4) is 0 Å². The lowest BCUT2D eigenvalue weighted by Gasteiger charge is -2.32. The van der Waals surface area contributed by atoms with Gasteiger partial charge in [-0.3, -0.25) is 0 Å². The van der Waals surface area contributed by atoms with E-state index in [1.165, 1.54) is 0 Å². The Hall–Kier alpha value is -1.33. The van der Waals surface area contributed by atoms with Crippen molar-refractivity contribution < 1.29 is 9.31 Å². The fraction of sp³-hybridized carbons (Fsp3) is 0.588. The molecular formula is C17H27BN2O2. The van der Waals surface area contributed by atoms with E-state index in [1.807, 2.05) is 37.3 Å². The van der Waals surface area contributed by atoms with Crippen molar-refractivity contribution in [2.45, 2.75) is 51.6 Å². The van der Waals surface area contributed by atoms with Gasteiger partial charge in [0, 0.05) is 14.1 Å². The quantitative estimate of drug-likeness (QED) is 0.475. The van der Waals surface area contributed by atoms with Gasteiger partial charge in [0.2, 0.25) is 0 Å². The van der Waals surface area contributed by atoms with E-state index < -0.39 is 0 Å². The minimum atomic E-state index is -0.275. The number of hydrogen-bond donors (Lipinski definition) is 0. The average Bonchev–Trinajstić information content (AvgIpc) is 2.63. The second-order valence-electron chi connectivity index (χ2n) is 6.98. The molecule has 1 heterocycles. The van der Waals surface area contributed by atoms with Crippen molar-refractivity contribution in [2.75, 3.05) is 14.1 Å². The van der Waals surface area contributed by atoms with Gasteiger partial charge in [0.05, 0.1) is 16.9 Å². The van der Waals surface area contributed by atoms with Gasteiger partial charge in [-0.1, -0.05) is 30.3 Å². The molecule has 0 unspecified atom stereocenters. The van der Waals surface area contributed by atoms with Crippen LogP contribution in [0, 0.1) is 0 Å². The Morgan fingerprint density at radius 1 is 1.05 bits per heavy atom. The van der Waals surface area contributed by atoms with E-state index in [0.29, 0.717) is 0 Å². The van der Waals surface area contributed by atoms with E-state index in [-0.39, 0.29) is 18.3 Å². The summed E-state index contributed by atoms with van der Waals surface area (Å²) in [7, 11) is 3.70. The van der Waals surface area contributed by atoms with Crippen LogP contribution in [0.5, 0.6) is 0 Å². The predicted octanol–water partition coefficient (Wildman–Crippen LogP) is 3.43. The zero-order valence-corrected chi connectivity index (χ0v) is 14.6. The largest absolute Gasteiger partial charge is 0.458 e. The second-order valence-corrected chi connectivity index (χ2v) is 6.98. The molecule has 2 rings (SSSR count). The highest BCUT2D eigenvalue weighted by molar-refractivity contribution is 6.46. The number of rotatable bonds is 5. The van der Waals surface area contributed by atoms with Crippen LogP contribution in [0.25, 0.3) is 0 Å². The molecule has 1 aliphatic heterocycles. The summed E-state index contributed by atoms with van der Waals surface area (Å²) < 4.78 is 12.1. The van der Waals surface area contributed by atoms with E-state index in [2.05, 4.69) is 44.9 Å². The molecule has 0 spiro atoms. The molecule has 1 aromatic carbocycles. The van der Waals surface area contributed by atoms with Crippen molar-refractivity contribution in [3.63, 3.8) is 0 Å². The second kappa shape index (κ2) is 6.43. The van der Waals surface area contributed by atoms with Crippen molar-refractivity contribution in [1.82, 2.24) is 5.01 Å². The lowest BCUT2D eigenvalue weighted by Crippen LogP contribution is -2.41. The predicted molar refractivity (Wildman–Crippen MR) is 92.2 cm³/mol. The Balaban J connectivity index is 2.05. The molecular weight excluding hydrogens is 275 g/mol. The number of benzene rings is 1. The van der Waals surface area contributed by atoms with Gasteiger partial charge < -0.3 is 14.3 Å². The number of hydrazone groups is 1. The molecule has 4 nitrogen and oxygen atoms in total. The van der Waals surface area contributed by atoms with Crippen LogP contribution in [0.2, 0.25) is 6.32 Å². The molecule has 22 heavy (non-hydrogen) atoms. The fourth-order valence-corrected chi connectivity index (χ4v) is 2.46. The van der Waals surface area contributed by atoms with E-state index in [1.54, 1.807) is 0 Å². The third-order valence-corrected chi connectivity index (χ3v) is 4.35. The molecule has 1 saturated heterocycles. The summed E-state index contributed by atoms with van der Waals surface area (Å²) in [5, 5.41) is 6.46. The van der Waals surface area contributed by atoms with Gasteiger partial charge in [-0.05, 0) is 46.0 Å². The van der Waals surface area contributed by atoms with Crippen molar-refractivity contribution in [2.24, 2.45) is 5.10 Å². The summed E-state index contributed by atoms with van der Waals surface area (Å²) in [5.74, 6) is 0. The first-order valence-electron chi connectivity index (χ1n) is 7.87. The Morgan fingerprint density at radius 2 is 1.59 bits per heavy atom. The van der Waals surface area contributed by atoms with Crippen LogP contribution < -0.4 is 0 Å². The van der Waals surface area contributed by atoms with Crippen LogP contribution in [0.15, 0.2) is 35.4 Å². The Kier molecular flexibility index (Phi) is 4.98. The van der Waals surface area contributed by atoms with E-state index in [4.69, 9.17) is 9.31 Å². The van der Waals surface area contributed by atoms with Crippen LogP contribution in [0.1, 0.15) is 39.7 Å². The SMILES string of the molecule is CN(C)/N=C(/CCB1OC(C)(C)C(C)(C)O1)c1ccccc1. The Morgan fingerprint density at radius 3 is 2.09 bits per heavy atom. The van der Waals surface area contributed by atoms with Crippen LogP contribution >= 0.6 is 0 Å². The standard InChI is InChI=1S/C17H27BN2O2/c1-16(2)17(3,4)22-18(21-16)13-12-15(19-20(5)6)14-10-8-7-9-11-14/h7-11H,12-13H2,1-6H3/b19-15-. The molecule has 0 aliphatic carbocycles. The van der Waals surface area contributed by atoms with Gasteiger partial charge in [0.1, 0.15) is 0 Å². The molecule has 0 N–H and O–H groups in total. The van der Waals surface area contributed by atoms with E-state index >= 15 is 0 Å². The van der Waals surface area contributed by atoms with Gasteiger partial charge >= 0.3 is 7.12 Å². The molecule has 0 atom stereocenters. The summed E-state index contributed by atoms with van der Waals surface area (Å²) in [4.78, 5) is 0. The zero-order valence-electron chi connectivity index (χ0n) is 14.6. The molecule has 0 saturated carbocycles. The highest BCUT2D eigenvalue weighted by atomic mass is 16.7. The molecule has 0 amide bonds. The summed E-state index contributed by atoms with van der Waals surface area (Å²) in [6.07, 6.45) is 1.62. The molecule has 5 heteroatoms. The molecule has 0 bridgehead atoms. The maximum absolute atomic E-state index is 6.06. The van der Waals surface area contributed by atoms with Gasteiger partial charge in [-0.25, -0.2) is 0 Å². The molecule has 120 valence electrons. The van der Waals surface area contributed by atoms with Crippen LogP contribution in [-0.4, -0.2) is 43.1 Å². The zero-order chi connectivity index (χ0) is 16.4. The van der Waals surface area contributed by atoms with Crippen molar-refractivity contribution in [1.29, 1.82) is 0 Å². The van der Waals surface area contributed by atoms with Crippen molar-refractivity contribution >= 4 is 12.8 Å². The monoisotopic (exact) mass is 302 g/mol. The van der Waals surface area contributed by atoms with Gasteiger partial charge in [0.25, 0.3) is 0 Å². The Bertz CT molecular complexity index is 511. The first-order chi connectivity index (χ1) is 10.2. The summed E-state index contributed by atoms with van der Waals surface area (Å²) >= 11 is 0.